The Morgan fingerprint density at radius 2 is 2.25 bits per heavy atom. The lowest BCUT2D eigenvalue weighted by molar-refractivity contribution is 0.0168. The molecule has 1 aliphatic rings. The van der Waals surface area contributed by atoms with Crippen LogP contribution in [0.1, 0.15) is 17.2 Å². The van der Waals surface area contributed by atoms with Crippen molar-refractivity contribution in [3.8, 4) is 0 Å². The van der Waals surface area contributed by atoms with Crippen molar-refractivity contribution in [2.75, 3.05) is 38.2 Å². The summed E-state index contributed by atoms with van der Waals surface area (Å²) >= 11 is 1.29. The number of nitrogens with one attached hydrogen (secondary N) is 2. The molecule has 0 unspecified atom stereocenters. The van der Waals surface area contributed by atoms with Gasteiger partial charge in [-0.3, -0.25) is 10.2 Å². The molecule has 1 aliphatic heterocycles. The Kier molecular flexibility index (Phi) is 5.73. The van der Waals surface area contributed by atoms with Crippen molar-refractivity contribution in [2.45, 2.75) is 13.0 Å². The number of aromatic nitrogens is 2. The lowest BCUT2D eigenvalue weighted by Gasteiger charge is -2.35. The molecule has 128 valence electrons. The summed E-state index contributed by atoms with van der Waals surface area (Å²) in [4.78, 5) is 14.4. The highest BCUT2D eigenvalue weighted by Gasteiger charge is 2.23. The molecule has 0 radical (unpaired) electrons. The molecule has 1 aromatic carbocycles. The van der Waals surface area contributed by atoms with Gasteiger partial charge in [-0.15, -0.1) is 10.2 Å². The van der Waals surface area contributed by atoms with Crippen LogP contribution in [-0.2, 0) is 4.74 Å². The molecule has 0 bridgehead atoms. The van der Waals surface area contributed by atoms with E-state index >= 15 is 0 Å². The zero-order chi connectivity index (χ0) is 16.8. The first-order valence-electron chi connectivity index (χ1n) is 7.92. The van der Waals surface area contributed by atoms with E-state index in [1.54, 1.807) is 5.51 Å². The van der Waals surface area contributed by atoms with E-state index < -0.39 is 0 Å². The number of morpholine rings is 1. The molecule has 2 amide bonds. The molecule has 2 N–H and O–H groups in total. The highest BCUT2D eigenvalue weighted by atomic mass is 32.1. The van der Waals surface area contributed by atoms with Crippen LogP contribution < -0.4 is 10.6 Å². The van der Waals surface area contributed by atoms with Crippen LogP contribution in [0.2, 0.25) is 0 Å². The Hall–Kier alpha value is -2.03. The largest absolute Gasteiger partial charge is 0.379 e. The van der Waals surface area contributed by atoms with Gasteiger partial charge in [0.1, 0.15) is 5.51 Å². The number of aryl methyl sites for hydroxylation is 1. The highest BCUT2D eigenvalue weighted by Crippen LogP contribution is 2.22. The van der Waals surface area contributed by atoms with Crippen molar-refractivity contribution >= 4 is 22.5 Å². The molecular weight excluding hydrogens is 326 g/mol. The third-order valence-corrected chi connectivity index (χ3v) is 4.56. The highest BCUT2D eigenvalue weighted by molar-refractivity contribution is 7.13. The van der Waals surface area contributed by atoms with Gasteiger partial charge in [0.15, 0.2) is 0 Å². The normalized spacial score (nSPS) is 16.5. The average Bonchev–Trinajstić information content (AvgIpc) is 3.09. The van der Waals surface area contributed by atoms with Gasteiger partial charge in [0.25, 0.3) is 0 Å². The second kappa shape index (κ2) is 8.18. The van der Waals surface area contributed by atoms with Gasteiger partial charge in [-0.1, -0.05) is 41.2 Å². The molecule has 1 atom stereocenters. The number of hydrogen-bond acceptors (Lipinski definition) is 6. The van der Waals surface area contributed by atoms with Crippen molar-refractivity contribution in [3.63, 3.8) is 0 Å². The van der Waals surface area contributed by atoms with Crippen LogP contribution >= 0.6 is 11.3 Å². The van der Waals surface area contributed by atoms with Crippen molar-refractivity contribution in [2.24, 2.45) is 0 Å². The first-order valence-corrected chi connectivity index (χ1v) is 8.80. The van der Waals surface area contributed by atoms with Crippen molar-refractivity contribution in [1.82, 2.24) is 20.4 Å². The topological polar surface area (TPSA) is 79.4 Å². The fraction of sp³-hybridized carbons (Fsp3) is 0.438. The van der Waals surface area contributed by atoms with Gasteiger partial charge in [0.2, 0.25) is 5.13 Å². The number of benzene rings is 1. The van der Waals surface area contributed by atoms with Crippen LogP contribution in [-0.4, -0.2) is 54.0 Å². The molecule has 0 saturated carbocycles. The number of hydrogen-bond donors (Lipinski definition) is 2. The molecule has 3 rings (SSSR count). The summed E-state index contributed by atoms with van der Waals surface area (Å²) in [6.45, 7) is 5.76. The molecule has 2 aromatic rings. The Morgan fingerprint density at radius 3 is 2.96 bits per heavy atom. The Morgan fingerprint density at radius 1 is 1.42 bits per heavy atom. The van der Waals surface area contributed by atoms with Gasteiger partial charge in [0.05, 0.1) is 19.3 Å². The third-order valence-electron chi connectivity index (χ3n) is 3.95. The van der Waals surface area contributed by atoms with Crippen molar-refractivity contribution < 1.29 is 9.53 Å². The van der Waals surface area contributed by atoms with Crippen LogP contribution in [0.4, 0.5) is 9.93 Å². The summed E-state index contributed by atoms with van der Waals surface area (Å²) in [5, 5.41) is 13.6. The fourth-order valence-electron chi connectivity index (χ4n) is 2.78. The minimum Gasteiger partial charge on any atom is -0.379 e. The van der Waals surface area contributed by atoms with E-state index in [0.717, 1.165) is 26.3 Å². The van der Waals surface area contributed by atoms with Crippen LogP contribution in [0.5, 0.6) is 0 Å². The van der Waals surface area contributed by atoms with E-state index in [9.17, 15) is 4.79 Å². The fourth-order valence-corrected chi connectivity index (χ4v) is 3.22. The van der Waals surface area contributed by atoms with Gasteiger partial charge >= 0.3 is 6.03 Å². The second-order valence-corrected chi connectivity index (χ2v) is 6.49. The summed E-state index contributed by atoms with van der Waals surface area (Å²) in [5.41, 5.74) is 4.00. The Labute approximate surface area is 145 Å². The van der Waals surface area contributed by atoms with E-state index in [2.05, 4.69) is 56.9 Å². The quantitative estimate of drug-likeness (QED) is 0.865. The average molecular weight is 347 g/mol. The van der Waals surface area contributed by atoms with Crippen molar-refractivity contribution in [3.05, 3.63) is 40.9 Å². The van der Waals surface area contributed by atoms with Gasteiger partial charge in [-0.25, -0.2) is 4.79 Å². The van der Waals surface area contributed by atoms with Crippen LogP contribution in [0, 0.1) is 6.92 Å². The molecule has 24 heavy (non-hydrogen) atoms. The maximum Gasteiger partial charge on any atom is 0.321 e. The number of rotatable bonds is 5. The summed E-state index contributed by atoms with van der Waals surface area (Å²) in [6, 6.07) is 8.27. The first-order chi connectivity index (χ1) is 11.7. The molecule has 2 heterocycles. The molecule has 7 nitrogen and oxygen atoms in total. The second-order valence-electron chi connectivity index (χ2n) is 5.66. The number of amides is 2. The van der Waals surface area contributed by atoms with E-state index in [4.69, 9.17) is 4.74 Å². The van der Waals surface area contributed by atoms with Crippen LogP contribution in [0.3, 0.4) is 0 Å². The molecule has 8 heteroatoms. The predicted octanol–water partition coefficient (Wildman–Crippen LogP) is 2.04. The van der Waals surface area contributed by atoms with E-state index in [1.807, 2.05) is 0 Å². The molecule has 1 saturated heterocycles. The lowest BCUT2D eigenvalue weighted by atomic mass is 10.0. The maximum atomic E-state index is 12.1. The zero-order valence-electron chi connectivity index (χ0n) is 13.6. The molecule has 0 spiro atoms. The Balaban J connectivity index is 1.66. The SMILES string of the molecule is Cc1cccc([C@H](CNC(=O)Nc2nncs2)N2CCOCC2)c1. The van der Waals surface area contributed by atoms with Crippen molar-refractivity contribution in [1.29, 1.82) is 0 Å². The molecule has 0 aliphatic carbocycles. The van der Waals surface area contributed by atoms with Gasteiger partial charge in [-0.05, 0) is 12.5 Å². The first kappa shape index (κ1) is 16.8. The standard InChI is InChI=1S/C16H21N5O2S/c1-12-3-2-4-13(9-12)14(21-5-7-23-8-6-21)10-17-15(22)19-16-20-18-11-24-16/h2-4,9,11,14H,5-8,10H2,1H3,(H2,17,19,20,22)/t14-/m0/s1. The van der Waals surface area contributed by atoms with E-state index in [1.165, 1.54) is 22.5 Å². The summed E-state index contributed by atoms with van der Waals surface area (Å²) in [6.07, 6.45) is 0. The maximum absolute atomic E-state index is 12.1. The lowest BCUT2D eigenvalue weighted by Crippen LogP contribution is -2.44. The van der Waals surface area contributed by atoms with Gasteiger partial charge < -0.3 is 10.1 Å². The molecule has 1 aromatic heterocycles. The summed E-state index contributed by atoms with van der Waals surface area (Å²) in [7, 11) is 0. The van der Waals surface area contributed by atoms with E-state index in [-0.39, 0.29) is 12.1 Å². The number of carbonyl (C=O) groups is 1. The summed E-state index contributed by atoms with van der Waals surface area (Å²) < 4.78 is 5.45. The molecular formula is C16H21N5O2S. The van der Waals surface area contributed by atoms with Gasteiger partial charge in [0, 0.05) is 19.6 Å². The summed E-state index contributed by atoms with van der Waals surface area (Å²) in [5.74, 6) is 0. The smallest absolute Gasteiger partial charge is 0.321 e. The minimum absolute atomic E-state index is 0.119. The molecule has 1 fully saturated rings. The number of urea groups is 1. The number of anilines is 1. The van der Waals surface area contributed by atoms with Gasteiger partial charge in [-0.2, -0.15) is 0 Å². The monoisotopic (exact) mass is 347 g/mol. The predicted molar refractivity (Wildman–Crippen MR) is 93.2 cm³/mol. The number of carbonyl (C=O) groups excluding carboxylic acids is 1. The van der Waals surface area contributed by atoms with Crippen LogP contribution in [0.25, 0.3) is 0 Å². The number of ether oxygens (including phenoxy) is 1. The minimum atomic E-state index is -0.266. The van der Waals surface area contributed by atoms with Crippen LogP contribution in [0.15, 0.2) is 29.8 Å². The number of nitrogens with zero attached hydrogens (tertiary/aromatic N) is 3. The zero-order valence-corrected chi connectivity index (χ0v) is 14.4. The van der Waals surface area contributed by atoms with E-state index in [0.29, 0.717) is 11.7 Å². The Bertz CT molecular complexity index is 658. The third kappa shape index (κ3) is 4.50.